The standard InChI is InChI=1S/C16H18BrNO/c1-12(18)16(14-5-3-2-4-6-14)19-11-13-7-9-15(17)10-8-13/h2-10,12,16H,11,18H2,1H3. The molecule has 2 unspecified atom stereocenters. The van der Waals surface area contributed by atoms with Crippen molar-refractivity contribution in [3.8, 4) is 0 Å². The lowest BCUT2D eigenvalue weighted by molar-refractivity contribution is 0.0259. The minimum absolute atomic E-state index is 0.0437. The highest BCUT2D eigenvalue weighted by Gasteiger charge is 2.16. The van der Waals surface area contributed by atoms with E-state index in [0.717, 1.165) is 15.6 Å². The Bertz CT molecular complexity index is 496. The van der Waals surface area contributed by atoms with Crippen LogP contribution in [0, 0.1) is 0 Å². The smallest absolute Gasteiger partial charge is 0.0977 e. The van der Waals surface area contributed by atoms with E-state index in [1.54, 1.807) is 0 Å². The SMILES string of the molecule is CC(N)C(OCc1ccc(Br)cc1)c1ccccc1. The van der Waals surface area contributed by atoms with Gasteiger partial charge in [-0.3, -0.25) is 0 Å². The molecule has 0 aliphatic carbocycles. The van der Waals surface area contributed by atoms with E-state index in [-0.39, 0.29) is 12.1 Å². The molecule has 0 fully saturated rings. The molecule has 0 amide bonds. The van der Waals surface area contributed by atoms with Crippen LogP contribution in [0.5, 0.6) is 0 Å². The lowest BCUT2D eigenvalue weighted by Crippen LogP contribution is -2.26. The van der Waals surface area contributed by atoms with Gasteiger partial charge in [0.2, 0.25) is 0 Å². The first-order chi connectivity index (χ1) is 9.16. The monoisotopic (exact) mass is 319 g/mol. The molecule has 19 heavy (non-hydrogen) atoms. The molecular weight excluding hydrogens is 302 g/mol. The van der Waals surface area contributed by atoms with Crippen LogP contribution < -0.4 is 5.73 Å². The molecule has 2 rings (SSSR count). The van der Waals surface area contributed by atoms with Gasteiger partial charge in [0.15, 0.2) is 0 Å². The fraction of sp³-hybridized carbons (Fsp3) is 0.250. The Balaban J connectivity index is 2.04. The largest absolute Gasteiger partial charge is 0.367 e. The first-order valence-corrected chi connectivity index (χ1v) is 7.12. The van der Waals surface area contributed by atoms with E-state index in [9.17, 15) is 0 Å². The van der Waals surface area contributed by atoms with E-state index in [1.165, 1.54) is 0 Å². The van der Waals surface area contributed by atoms with Crippen molar-refractivity contribution in [1.82, 2.24) is 0 Å². The molecule has 0 heterocycles. The minimum Gasteiger partial charge on any atom is -0.367 e. The number of halogens is 1. The molecule has 0 spiro atoms. The number of nitrogens with two attached hydrogens (primary N) is 1. The fourth-order valence-electron chi connectivity index (χ4n) is 1.96. The number of benzene rings is 2. The van der Waals surface area contributed by atoms with Crippen molar-refractivity contribution in [1.29, 1.82) is 0 Å². The van der Waals surface area contributed by atoms with Crippen molar-refractivity contribution in [3.05, 3.63) is 70.2 Å². The molecule has 0 saturated heterocycles. The fourth-order valence-corrected chi connectivity index (χ4v) is 2.23. The summed E-state index contributed by atoms with van der Waals surface area (Å²) in [4.78, 5) is 0. The quantitative estimate of drug-likeness (QED) is 0.902. The Hall–Kier alpha value is -1.16. The summed E-state index contributed by atoms with van der Waals surface area (Å²) in [6, 6.07) is 18.2. The third kappa shape index (κ3) is 4.16. The molecule has 0 aromatic heterocycles. The highest BCUT2D eigenvalue weighted by Crippen LogP contribution is 2.22. The van der Waals surface area contributed by atoms with Gasteiger partial charge in [0.05, 0.1) is 12.7 Å². The highest BCUT2D eigenvalue weighted by molar-refractivity contribution is 9.10. The summed E-state index contributed by atoms with van der Waals surface area (Å²) in [5, 5.41) is 0. The predicted octanol–water partition coefficient (Wildman–Crippen LogP) is 4.05. The van der Waals surface area contributed by atoms with Crippen molar-refractivity contribution in [2.45, 2.75) is 25.7 Å². The zero-order valence-electron chi connectivity index (χ0n) is 10.9. The van der Waals surface area contributed by atoms with Gasteiger partial charge in [0.25, 0.3) is 0 Å². The van der Waals surface area contributed by atoms with Crippen molar-refractivity contribution >= 4 is 15.9 Å². The number of hydrogen-bond acceptors (Lipinski definition) is 2. The average Bonchev–Trinajstić information content (AvgIpc) is 2.42. The number of hydrogen-bond donors (Lipinski definition) is 1. The molecule has 0 radical (unpaired) electrons. The summed E-state index contributed by atoms with van der Waals surface area (Å²) in [7, 11) is 0. The average molecular weight is 320 g/mol. The Kier molecular flexibility index (Phi) is 5.14. The van der Waals surface area contributed by atoms with Gasteiger partial charge in [-0.2, -0.15) is 0 Å². The molecule has 0 aliphatic heterocycles. The van der Waals surface area contributed by atoms with Crippen LogP contribution in [-0.4, -0.2) is 6.04 Å². The summed E-state index contributed by atoms with van der Waals surface area (Å²) in [6.45, 7) is 2.54. The molecule has 3 heteroatoms. The van der Waals surface area contributed by atoms with Crippen LogP contribution in [0.3, 0.4) is 0 Å². The first-order valence-electron chi connectivity index (χ1n) is 6.33. The van der Waals surface area contributed by atoms with Gasteiger partial charge >= 0.3 is 0 Å². The Morgan fingerprint density at radius 2 is 1.68 bits per heavy atom. The van der Waals surface area contributed by atoms with Gasteiger partial charge in [0.1, 0.15) is 0 Å². The Morgan fingerprint density at radius 1 is 1.05 bits per heavy atom. The first kappa shape index (κ1) is 14.3. The van der Waals surface area contributed by atoms with Crippen LogP contribution in [0.4, 0.5) is 0 Å². The molecule has 2 N–H and O–H groups in total. The van der Waals surface area contributed by atoms with Crippen molar-refractivity contribution < 1.29 is 4.74 Å². The Morgan fingerprint density at radius 3 is 2.26 bits per heavy atom. The molecule has 2 nitrogen and oxygen atoms in total. The summed E-state index contributed by atoms with van der Waals surface area (Å²) >= 11 is 3.42. The topological polar surface area (TPSA) is 35.2 Å². The third-order valence-corrected chi connectivity index (χ3v) is 3.48. The molecular formula is C16H18BrNO. The second-order valence-electron chi connectivity index (χ2n) is 4.63. The van der Waals surface area contributed by atoms with Gasteiger partial charge in [-0.25, -0.2) is 0 Å². The van der Waals surface area contributed by atoms with Gasteiger partial charge in [0, 0.05) is 10.5 Å². The zero-order chi connectivity index (χ0) is 13.7. The number of ether oxygens (including phenoxy) is 1. The van der Waals surface area contributed by atoms with Gasteiger partial charge in [-0.15, -0.1) is 0 Å². The third-order valence-electron chi connectivity index (χ3n) is 2.95. The molecule has 2 aromatic carbocycles. The second-order valence-corrected chi connectivity index (χ2v) is 5.54. The van der Waals surface area contributed by atoms with Crippen LogP contribution in [0.25, 0.3) is 0 Å². The molecule has 0 saturated carbocycles. The predicted molar refractivity (Wildman–Crippen MR) is 81.8 cm³/mol. The van der Waals surface area contributed by atoms with E-state index in [1.807, 2.05) is 49.4 Å². The molecule has 100 valence electrons. The normalized spacial score (nSPS) is 14.1. The lowest BCUT2D eigenvalue weighted by Gasteiger charge is -2.22. The maximum absolute atomic E-state index is 6.02. The van der Waals surface area contributed by atoms with Crippen LogP contribution in [-0.2, 0) is 11.3 Å². The Labute approximate surface area is 122 Å². The van der Waals surface area contributed by atoms with Crippen LogP contribution in [0.15, 0.2) is 59.1 Å². The summed E-state index contributed by atoms with van der Waals surface area (Å²) in [5.41, 5.74) is 8.29. The summed E-state index contributed by atoms with van der Waals surface area (Å²) in [6.07, 6.45) is -0.0788. The van der Waals surface area contributed by atoms with E-state index in [2.05, 4.69) is 28.1 Å². The summed E-state index contributed by atoms with van der Waals surface area (Å²) in [5.74, 6) is 0. The van der Waals surface area contributed by atoms with Crippen LogP contribution in [0.1, 0.15) is 24.2 Å². The van der Waals surface area contributed by atoms with E-state index >= 15 is 0 Å². The molecule has 0 aliphatic rings. The molecule has 2 atom stereocenters. The van der Waals surface area contributed by atoms with Crippen molar-refractivity contribution in [3.63, 3.8) is 0 Å². The van der Waals surface area contributed by atoms with Gasteiger partial charge in [-0.05, 0) is 30.2 Å². The van der Waals surface area contributed by atoms with E-state index in [4.69, 9.17) is 10.5 Å². The van der Waals surface area contributed by atoms with Crippen LogP contribution >= 0.6 is 15.9 Å². The second kappa shape index (κ2) is 6.85. The van der Waals surface area contributed by atoms with E-state index < -0.39 is 0 Å². The van der Waals surface area contributed by atoms with E-state index in [0.29, 0.717) is 6.61 Å². The number of rotatable bonds is 5. The van der Waals surface area contributed by atoms with Crippen LogP contribution in [0.2, 0.25) is 0 Å². The maximum Gasteiger partial charge on any atom is 0.0977 e. The van der Waals surface area contributed by atoms with Crippen molar-refractivity contribution in [2.75, 3.05) is 0 Å². The van der Waals surface area contributed by atoms with Gasteiger partial charge in [-0.1, -0.05) is 58.4 Å². The molecule has 2 aromatic rings. The van der Waals surface area contributed by atoms with Crippen molar-refractivity contribution in [2.24, 2.45) is 5.73 Å². The maximum atomic E-state index is 6.02. The summed E-state index contributed by atoms with van der Waals surface area (Å²) < 4.78 is 7.05. The minimum atomic E-state index is -0.0788. The molecule has 0 bridgehead atoms. The zero-order valence-corrected chi connectivity index (χ0v) is 12.5. The lowest BCUT2D eigenvalue weighted by atomic mass is 10.0. The highest BCUT2D eigenvalue weighted by atomic mass is 79.9. The van der Waals surface area contributed by atoms with Gasteiger partial charge < -0.3 is 10.5 Å².